The minimum atomic E-state index is 0.207. The first kappa shape index (κ1) is 15.6. The van der Waals surface area contributed by atoms with Crippen molar-refractivity contribution in [2.45, 2.75) is 31.2 Å². The maximum atomic E-state index is 6.39. The zero-order valence-electron chi connectivity index (χ0n) is 11.3. The van der Waals surface area contributed by atoms with Crippen LogP contribution in [0.4, 0.5) is 0 Å². The molecule has 2 N–H and O–H groups in total. The van der Waals surface area contributed by atoms with Gasteiger partial charge in [0.05, 0.1) is 0 Å². The molecule has 1 aromatic carbocycles. The third-order valence-electron chi connectivity index (χ3n) is 3.88. The van der Waals surface area contributed by atoms with Gasteiger partial charge >= 0.3 is 0 Å². The van der Waals surface area contributed by atoms with E-state index in [1.54, 1.807) is 0 Å². The summed E-state index contributed by atoms with van der Waals surface area (Å²) >= 11 is 11.9. The topological polar surface area (TPSA) is 29.3 Å². The number of thioether (sulfide) groups is 1. The first-order chi connectivity index (χ1) is 9.04. The van der Waals surface area contributed by atoms with Gasteiger partial charge in [0.1, 0.15) is 0 Å². The van der Waals surface area contributed by atoms with Gasteiger partial charge in [0, 0.05) is 45.7 Å². The number of nitrogens with zero attached hydrogens (tertiary/aromatic N) is 1. The zero-order chi connectivity index (χ0) is 14.0. The van der Waals surface area contributed by atoms with E-state index in [4.69, 9.17) is 17.3 Å². The Kier molecular flexibility index (Phi) is 5.61. The first-order valence-corrected chi connectivity index (χ1v) is 8.79. The highest BCUT2D eigenvalue weighted by Gasteiger charge is 2.31. The molecule has 2 nitrogen and oxygen atoms in total. The molecule has 0 aromatic heterocycles. The number of benzene rings is 1. The van der Waals surface area contributed by atoms with E-state index in [0.29, 0.717) is 17.8 Å². The molecule has 0 bridgehead atoms. The Labute approximate surface area is 133 Å². The fourth-order valence-corrected chi connectivity index (χ4v) is 4.53. The van der Waals surface area contributed by atoms with Crippen LogP contribution in [-0.2, 0) is 0 Å². The van der Waals surface area contributed by atoms with Crippen LogP contribution < -0.4 is 5.73 Å². The van der Waals surface area contributed by atoms with Gasteiger partial charge in [-0.1, -0.05) is 40.5 Å². The molecule has 0 saturated carbocycles. The molecule has 0 radical (unpaired) electrons. The van der Waals surface area contributed by atoms with Crippen LogP contribution in [0.5, 0.6) is 0 Å². The Bertz CT molecular complexity index is 443. The number of hydrogen-bond donors (Lipinski definition) is 1. The van der Waals surface area contributed by atoms with E-state index >= 15 is 0 Å². The smallest absolute Gasteiger partial charge is 0.0488 e. The molecule has 0 aliphatic carbocycles. The molecule has 1 heterocycles. The summed E-state index contributed by atoms with van der Waals surface area (Å²) in [7, 11) is 0. The van der Waals surface area contributed by atoms with Gasteiger partial charge in [-0.2, -0.15) is 11.8 Å². The average Bonchev–Trinajstić information content (AvgIpc) is 2.37. The second-order valence-electron chi connectivity index (χ2n) is 4.97. The zero-order valence-corrected chi connectivity index (χ0v) is 14.4. The Morgan fingerprint density at radius 3 is 2.89 bits per heavy atom. The van der Waals surface area contributed by atoms with Crippen molar-refractivity contribution in [1.29, 1.82) is 0 Å². The van der Waals surface area contributed by atoms with Crippen molar-refractivity contribution in [3.63, 3.8) is 0 Å². The summed E-state index contributed by atoms with van der Waals surface area (Å²) in [5.41, 5.74) is 7.17. The second-order valence-corrected chi connectivity index (χ2v) is 7.78. The highest BCUT2D eigenvalue weighted by atomic mass is 79.9. The van der Waals surface area contributed by atoms with Crippen molar-refractivity contribution in [1.82, 2.24) is 4.90 Å². The predicted molar refractivity (Wildman–Crippen MR) is 89.0 cm³/mol. The van der Waals surface area contributed by atoms with E-state index in [1.165, 1.54) is 0 Å². The van der Waals surface area contributed by atoms with Crippen LogP contribution in [0.1, 0.15) is 25.5 Å². The molecule has 1 fully saturated rings. The molecule has 0 spiro atoms. The van der Waals surface area contributed by atoms with E-state index in [1.807, 2.05) is 23.9 Å². The van der Waals surface area contributed by atoms with E-state index < -0.39 is 0 Å². The fourth-order valence-electron chi connectivity index (χ4n) is 2.61. The monoisotopic (exact) mass is 362 g/mol. The van der Waals surface area contributed by atoms with E-state index in [2.05, 4.69) is 40.7 Å². The summed E-state index contributed by atoms with van der Waals surface area (Å²) < 4.78 is 1.01. The van der Waals surface area contributed by atoms with Crippen molar-refractivity contribution in [2.75, 3.05) is 18.8 Å². The Hall–Kier alpha value is 0.260. The van der Waals surface area contributed by atoms with Crippen molar-refractivity contribution in [3.8, 4) is 0 Å². The highest BCUT2D eigenvalue weighted by molar-refractivity contribution is 9.10. The quantitative estimate of drug-likeness (QED) is 0.882. The molecule has 1 aromatic rings. The van der Waals surface area contributed by atoms with Gasteiger partial charge in [-0.15, -0.1) is 0 Å². The standard InChI is InChI=1S/C14H20BrClN2S/c1-9-10(2)19-6-5-18(9)14(8-17)12-4-3-11(15)7-13(12)16/h3-4,7,9-10,14H,5-6,8,17H2,1-2H3. The Morgan fingerprint density at radius 2 is 2.26 bits per heavy atom. The van der Waals surface area contributed by atoms with Crippen LogP contribution >= 0.6 is 39.3 Å². The average molecular weight is 364 g/mol. The SMILES string of the molecule is CC1SCCN(C(CN)c2ccc(Br)cc2Cl)C1C. The molecule has 3 unspecified atom stereocenters. The molecule has 5 heteroatoms. The van der Waals surface area contributed by atoms with Crippen molar-refractivity contribution >= 4 is 39.3 Å². The summed E-state index contributed by atoms with van der Waals surface area (Å²) in [5.74, 6) is 1.16. The summed E-state index contributed by atoms with van der Waals surface area (Å²) in [5, 5.41) is 1.43. The van der Waals surface area contributed by atoms with E-state index in [0.717, 1.165) is 27.4 Å². The first-order valence-electron chi connectivity index (χ1n) is 6.57. The third-order valence-corrected chi connectivity index (χ3v) is 6.04. The van der Waals surface area contributed by atoms with Crippen LogP contribution in [0, 0.1) is 0 Å². The van der Waals surface area contributed by atoms with Gasteiger partial charge in [0.15, 0.2) is 0 Å². The lowest BCUT2D eigenvalue weighted by Crippen LogP contribution is -2.48. The molecule has 1 aliphatic heterocycles. The van der Waals surface area contributed by atoms with Gasteiger partial charge in [-0.3, -0.25) is 4.90 Å². The Morgan fingerprint density at radius 1 is 1.53 bits per heavy atom. The van der Waals surface area contributed by atoms with Crippen molar-refractivity contribution < 1.29 is 0 Å². The third kappa shape index (κ3) is 3.48. The van der Waals surface area contributed by atoms with Crippen LogP contribution in [-0.4, -0.2) is 35.0 Å². The van der Waals surface area contributed by atoms with Gasteiger partial charge in [0.25, 0.3) is 0 Å². The summed E-state index contributed by atoms with van der Waals surface area (Å²) in [6.07, 6.45) is 0. The second kappa shape index (κ2) is 6.81. The van der Waals surface area contributed by atoms with E-state index in [-0.39, 0.29) is 6.04 Å². The predicted octanol–water partition coefficient (Wildman–Crippen LogP) is 3.93. The minimum Gasteiger partial charge on any atom is -0.329 e. The molecule has 2 rings (SSSR count). The lowest BCUT2D eigenvalue weighted by molar-refractivity contribution is 0.151. The molecule has 19 heavy (non-hydrogen) atoms. The van der Waals surface area contributed by atoms with Crippen LogP contribution in [0.25, 0.3) is 0 Å². The molecular weight excluding hydrogens is 344 g/mol. The fraction of sp³-hybridized carbons (Fsp3) is 0.571. The van der Waals surface area contributed by atoms with E-state index in [9.17, 15) is 0 Å². The molecule has 1 aliphatic rings. The number of rotatable bonds is 3. The largest absolute Gasteiger partial charge is 0.329 e. The minimum absolute atomic E-state index is 0.207. The normalized spacial score (nSPS) is 26.4. The van der Waals surface area contributed by atoms with Crippen molar-refractivity contribution in [2.24, 2.45) is 5.73 Å². The van der Waals surface area contributed by atoms with Crippen LogP contribution in [0.2, 0.25) is 5.02 Å². The van der Waals surface area contributed by atoms with Crippen molar-refractivity contribution in [3.05, 3.63) is 33.3 Å². The molecule has 0 amide bonds. The summed E-state index contributed by atoms with van der Waals surface area (Å²) in [6, 6.07) is 6.80. The summed E-state index contributed by atoms with van der Waals surface area (Å²) in [4.78, 5) is 2.50. The maximum absolute atomic E-state index is 6.39. The Balaban J connectivity index is 2.28. The molecule has 3 atom stereocenters. The number of nitrogens with two attached hydrogens (primary N) is 1. The van der Waals surface area contributed by atoms with Crippen LogP contribution in [0.3, 0.4) is 0 Å². The van der Waals surface area contributed by atoms with Gasteiger partial charge in [0.2, 0.25) is 0 Å². The maximum Gasteiger partial charge on any atom is 0.0488 e. The molecule has 106 valence electrons. The summed E-state index contributed by atoms with van der Waals surface area (Å²) in [6.45, 7) is 6.25. The van der Waals surface area contributed by atoms with Crippen LogP contribution in [0.15, 0.2) is 22.7 Å². The molecule has 1 saturated heterocycles. The van der Waals surface area contributed by atoms with Gasteiger partial charge in [-0.25, -0.2) is 0 Å². The highest BCUT2D eigenvalue weighted by Crippen LogP contribution is 2.35. The lowest BCUT2D eigenvalue weighted by atomic mass is 10.0. The lowest BCUT2D eigenvalue weighted by Gasteiger charge is -2.42. The number of halogens is 2. The number of hydrogen-bond acceptors (Lipinski definition) is 3. The van der Waals surface area contributed by atoms with Gasteiger partial charge < -0.3 is 5.73 Å². The van der Waals surface area contributed by atoms with Gasteiger partial charge in [-0.05, 0) is 24.6 Å². The molecular formula is C14H20BrClN2S.